The Morgan fingerprint density at radius 1 is 1.85 bits per heavy atom. The largest absolute Gasteiger partial charge is 0.508 e. The maximum atomic E-state index is 12.4. The summed E-state index contributed by atoms with van der Waals surface area (Å²) >= 11 is 0. The highest BCUT2D eigenvalue weighted by Crippen LogP contribution is 2.22. The Kier molecular flexibility index (Phi) is 3.06. The Hall–Kier alpha value is -1.32. The van der Waals surface area contributed by atoms with E-state index in [1.807, 2.05) is 0 Å². The Morgan fingerprint density at radius 2 is 2.54 bits per heavy atom. The minimum atomic E-state index is -1.43. The summed E-state index contributed by atoms with van der Waals surface area (Å²) in [5.74, 6) is -0.176. The summed E-state index contributed by atoms with van der Waals surface area (Å²) in [7, 11) is 0. The molecular formula is C9H11FO3. The fourth-order valence-corrected chi connectivity index (χ4v) is 1.16. The van der Waals surface area contributed by atoms with Crippen molar-refractivity contribution in [3.05, 3.63) is 23.7 Å². The number of aliphatic hydroxyl groups is 1. The van der Waals surface area contributed by atoms with Gasteiger partial charge in [-0.05, 0) is 6.08 Å². The van der Waals surface area contributed by atoms with Crippen LogP contribution in [0.3, 0.4) is 0 Å². The zero-order valence-corrected chi connectivity index (χ0v) is 7.24. The van der Waals surface area contributed by atoms with Gasteiger partial charge < -0.3 is 14.6 Å². The molecule has 1 aliphatic rings. The predicted molar refractivity (Wildman–Crippen MR) is 44.6 cm³/mol. The second-order valence-electron chi connectivity index (χ2n) is 2.87. The van der Waals surface area contributed by atoms with E-state index in [0.29, 0.717) is 18.5 Å². The second-order valence-corrected chi connectivity index (χ2v) is 2.87. The molecule has 13 heavy (non-hydrogen) atoms. The van der Waals surface area contributed by atoms with Crippen LogP contribution in [0.5, 0.6) is 0 Å². The summed E-state index contributed by atoms with van der Waals surface area (Å²) in [6.45, 7) is 1.24. The maximum absolute atomic E-state index is 12.4. The molecule has 2 atom stereocenters. The Bertz CT molecular complexity index is 256. The van der Waals surface area contributed by atoms with Gasteiger partial charge in [-0.15, -0.1) is 0 Å². The van der Waals surface area contributed by atoms with Gasteiger partial charge in [-0.3, -0.25) is 0 Å². The molecule has 0 radical (unpaired) electrons. The van der Waals surface area contributed by atoms with Gasteiger partial charge in [0.25, 0.3) is 0 Å². The molecule has 0 spiro atoms. The third-order valence-corrected chi connectivity index (χ3v) is 1.62. The van der Waals surface area contributed by atoms with E-state index in [1.165, 1.54) is 19.1 Å². The molecule has 0 aliphatic heterocycles. The van der Waals surface area contributed by atoms with E-state index in [-0.39, 0.29) is 5.76 Å². The number of carbonyl (C=O) groups is 1. The molecule has 2 unspecified atom stereocenters. The fraction of sp³-hybridized carbons (Fsp3) is 0.444. The van der Waals surface area contributed by atoms with Crippen LogP contribution in [0, 0.1) is 5.92 Å². The first kappa shape index (κ1) is 9.77. The van der Waals surface area contributed by atoms with Gasteiger partial charge in [-0.1, -0.05) is 0 Å². The molecule has 1 aliphatic carbocycles. The van der Waals surface area contributed by atoms with Crippen molar-refractivity contribution in [3.63, 3.8) is 0 Å². The average Bonchev–Trinajstić information content (AvgIpc) is 2.01. The first-order chi connectivity index (χ1) is 6.11. The molecule has 4 heteroatoms. The van der Waals surface area contributed by atoms with Crippen molar-refractivity contribution in [1.82, 2.24) is 0 Å². The van der Waals surface area contributed by atoms with Gasteiger partial charge in [0.15, 0.2) is 0 Å². The predicted octanol–water partition coefficient (Wildman–Crippen LogP) is 1.86. The van der Waals surface area contributed by atoms with Crippen molar-refractivity contribution in [2.45, 2.75) is 19.7 Å². The highest BCUT2D eigenvalue weighted by atomic mass is 19.1. The van der Waals surface area contributed by atoms with E-state index in [1.54, 1.807) is 0 Å². The number of allylic oxidation sites excluding steroid dienone is 3. The van der Waals surface area contributed by atoms with Gasteiger partial charge in [-0.2, -0.15) is 0 Å². The normalized spacial score (nSPS) is 24.3. The van der Waals surface area contributed by atoms with Crippen molar-refractivity contribution in [2.24, 2.45) is 5.92 Å². The number of hydrogen-bond acceptors (Lipinski definition) is 3. The number of carbonyl (C=O) groups excluding carboxylic acids is 1. The molecule has 0 aromatic rings. The first-order valence-corrected chi connectivity index (χ1v) is 3.99. The number of aliphatic hydroxyl groups excluding tert-OH is 1. The highest BCUT2D eigenvalue weighted by Gasteiger charge is 2.16. The molecule has 0 heterocycles. The summed E-state index contributed by atoms with van der Waals surface area (Å²) in [4.78, 5) is 10.4. The molecular weight excluding hydrogens is 175 g/mol. The van der Waals surface area contributed by atoms with Crippen LogP contribution in [0.25, 0.3) is 0 Å². The van der Waals surface area contributed by atoms with E-state index in [9.17, 15) is 9.18 Å². The van der Waals surface area contributed by atoms with Crippen molar-refractivity contribution in [1.29, 1.82) is 0 Å². The lowest BCUT2D eigenvalue weighted by Crippen LogP contribution is -2.10. The van der Waals surface area contributed by atoms with E-state index in [4.69, 9.17) is 9.84 Å². The lowest BCUT2D eigenvalue weighted by atomic mass is 10.0. The van der Waals surface area contributed by atoms with Gasteiger partial charge in [-0.25, -0.2) is 4.39 Å². The third kappa shape index (κ3) is 2.89. The van der Waals surface area contributed by atoms with Crippen LogP contribution in [0.4, 0.5) is 4.39 Å². The van der Waals surface area contributed by atoms with Crippen LogP contribution in [0.2, 0.25) is 0 Å². The van der Waals surface area contributed by atoms with Crippen LogP contribution in [0.1, 0.15) is 13.3 Å². The molecule has 1 N–H and O–H groups in total. The van der Waals surface area contributed by atoms with Crippen LogP contribution in [-0.4, -0.2) is 17.8 Å². The number of halogens is 1. The number of ether oxygens (including phenoxy) is 1. The number of hydrogen-bond donors (Lipinski definition) is 1. The van der Waals surface area contributed by atoms with Gasteiger partial charge in [0.2, 0.25) is 6.36 Å². The van der Waals surface area contributed by atoms with Crippen molar-refractivity contribution in [2.75, 3.05) is 0 Å². The Balaban J connectivity index is 2.66. The summed E-state index contributed by atoms with van der Waals surface area (Å²) in [5, 5.41) is 9.12. The number of rotatable bonds is 3. The van der Waals surface area contributed by atoms with E-state index < -0.39 is 12.3 Å². The summed E-state index contributed by atoms with van der Waals surface area (Å²) in [5.41, 5.74) is 0. The van der Waals surface area contributed by atoms with Crippen molar-refractivity contribution >= 4 is 6.29 Å². The fourth-order valence-electron chi connectivity index (χ4n) is 1.16. The van der Waals surface area contributed by atoms with Gasteiger partial charge in [0.05, 0.1) is 0 Å². The molecule has 0 aromatic heterocycles. The van der Waals surface area contributed by atoms with Crippen LogP contribution >= 0.6 is 0 Å². The Morgan fingerprint density at radius 3 is 3.08 bits per heavy atom. The topological polar surface area (TPSA) is 46.5 Å². The monoisotopic (exact) mass is 186 g/mol. The molecule has 0 saturated heterocycles. The quantitative estimate of drug-likeness (QED) is 0.684. The Labute approximate surface area is 75.5 Å². The summed E-state index contributed by atoms with van der Waals surface area (Å²) < 4.78 is 17.1. The minimum absolute atomic E-state index is 0.0565. The second kappa shape index (κ2) is 4.07. The molecule has 1 rings (SSSR count). The lowest BCUT2D eigenvalue weighted by molar-refractivity contribution is -0.110. The lowest BCUT2D eigenvalue weighted by Gasteiger charge is -2.16. The molecule has 0 fully saturated rings. The molecule has 0 saturated carbocycles. The van der Waals surface area contributed by atoms with Crippen molar-refractivity contribution < 1.29 is 19.0 Å². The summed E-state index contributed by atoms with van der Waals surface area (Å²) in [6.07, 6.45) is 2.29. The van der Waals surface area contributed by atoms with E-state index in [2.05, 4.69) is 0 Å². The summed E-state index contributed by atoms with van der Waals surface area (Å²) in [6, 6.07) is 0. The van der Waals surface area contributed by atoms with Crippen LogP contribution in [0.15, 0.2) is 23.7 Å². The molecule has 0 amide bonds. The zero-order valence-electron chi connectivity index (χ0n) is 7.24. The standard InChI is InChI=1S/C9H11FO3/c1-6(10)13-9-3-7(5-11)2-8(12)4-9/h2,4-7,12H,3H2,1H3. The molecule has 0 aromatic carbocycles. The third-order valence-electron chi connectivity index (χ3n) is 1.62. The van der Waals surface area contributed by atoms with Crippen LogP contribution in [-0.2, 0) is 9.53 Å². The highest BCUT2D eigenvalue weighted by molar-refractivity contribution is 5.58. The maximum Gasteiger partial charge on any atom is 0.235 e. The van der Waals surface area contributed by atoms with E-state index in [0.717, 1.165) is 0 Å². The first-order valence-electron chi connectivity index (χ1n) is 3.99. The minimum Gasteiger partial charge on any atom is -0.508 e. The SMILES string of the molecule is CC(F)OC1=CC(O)=CC(C=O)C1. The molecule has 3 nitrogen and oxygen atoms in total. The smallest absolute Gasteiger partial charge is 0.235 e. The zero-order chi connectivity index (χ0) is 9.84. The number of aldehydes is 1. The average molecular weight is 186 g/mol. The molecule has 0 bridgehead atoms. The molecule has 72 valence electrons. The van der Waals surface area contributed by atoms with Crippen molar-refractivity contribution in [3.8, 4) is 0 Å². The van der Waals surface area contributed by atoms with Gasteiger partial charge in [0.1, 0.15) is 17.8 Å². The number of alkyl halides is 1. The van der Waals surface area contributed by atoms with Crippen LogP contribution < -0.4 is 0 Å². The van der Waals surface area contributed by atoms with Gasteiger partial charge >= 0.3 is 0 Å². The van der Waals surface area contributed by atoms with E-state index >= 15 is 0 Å². The van der Waals surface area contributed by atoms with Gasteiger partial charge in [0, 0.05) is 25.3 Å².